The molecular formula is C16H18O3. The molecule has 0 saturated carbocycles. The van der Waals surface area contributed by atoms with Gasteiger partial charge in [-0.1, -0.05) is 35.4 Å². The molecule has 1 atom stereocenters. The number of hydrogen-bond donors (Lipinski definition) is 0. The summed E-state index contributed by atoms with van der Waals surface area (Å²) in [5.41, 5.74) is 3.24. The van der Waals surface area contributed by atoms with Crippen molar-refractivity contribution in [2.75, 3.05) is 7.11 Å². The molecular weight excluding hydrogens is 240 g/mol. The van der Waals surface area contributed by atoms with Crippen molar-refractivity contribution in [2.45, 2.75) is 32.1 Å². The summed E-state index contributed by atoms with van der Waals surface area (Å²) in [6, 6.07) is 8.24. The number of carbonyl (C=O) groups is 2. The van der Waals surface area contributed by atoms with Crippen LogP contribution in [0.4, 0.5) is 0 Å². The zero-order valence-electron chi connectivity index (χ0n) is 11.3. The van der Waals surface area contributed by atoms with E-state index < -0.39 is 0 Å². The van der Waals surface area contributed by atoms with E-state index in [-0.39, 0.29) is 24.1 Å². The van der Waals surface area contributed by atoms with E-state index in [1.807, 2.05) is 6.92 Å². The minimum Gasteiger partial charge on any atom is -0.469 e. The lowest BCUT2D eigenvalue weighted by Crippen LogP contribution is -2.15. The van der Waals surface area contributed by atoms with Crippen molar-refractivity contribution >= 4 is 11.8 Å². The summed E-state index contributed by atoms with van der Waals surface area (Å²) >= 11 is 0. The number of ketones is 1. The zero-order valence-corrected chi connectivity index (χ0v) is 11.3. The summed E-state index contributed by atoms with van der Waals surface area (Å²) in [5.74, 6) is -0.0166. The Bertz CT molecular complexity index is 511. The Labute approximate surface area is 113 Å². The highest BCUT2D eigenvalue weighted by Gasteiger charge is 2.23. The Kier molecular flexibility index (Phi) is 4.15. The third kappa shape index (κ3) is 3.53. The number of ether oxygens (including phenoxy) is 1. The molecule has 0 spiro atoms. The van der Waals surface area contributed by atoms with Crippen molar-refractivity contribution in [2.24, 2.45) is 0 Å². The van der Waals surface area contributed by atoms with E-state index in [2.05, 4.69) is 29.0 Å². The van der Waals surface area contributed by atoms with Gasteiger partial charge in [-0.05, 0) is 30.9 Å². The Balaban J connectivity index is 2.13. The predicted octanol–water partition coefficient (Wildman–Crippen LogP) is 2.93. The van der Waals surface area contributed by atoms with Gasteiger partial charge < -0.3 is 4.74 Å². The van der Waals surface area contributed by atoms with E-state index in [9.17, 15) is 9.59 Å². The minimum atomic E-state index is -0.288. The van der Waals surface area contributed by atoms with Gasteiger partial charge in [-0.3, -0.25) is 9.59 Å². The monoisotopic (exact) mass is 258 g/mol. The van der Waals surface area contributed by atoms with E-state index in [0.29, 0.717) is 6.42 Å². The number of allylic oxidation sites excluding steroid dienone is 1. The van der Waals surface area contributed by atoms with Gasteiger partial charge in [-0.2, -0.15) is 0 Å². The van der Waals surface area contributed by atoms with Crippen molar-refractivity contribution in [3.05, 3.63) is 47.0 Å². The van der Waals surface area contributed by atoms with E-state index in [4.69, 9.17) is 0 Å². The van der Waals surface area contributed by atoms with E-state index in [1.165, 1.54) is 12.7 Å². The fourth-order valence-electron chi connectivity index (χ4n) is 2.43. The topological polar surface area (TPSA) is 43.4 Å². The van der Waals surface area contributed by atoms with Gasteiger partial charge in [0.05, 0.1) is 13.5 Å². The van der Waals surface area contributed by atoms with Crippen molar-refractivity contribution in [3.8, 4) is 0 Å². The summed E-state index contributed by atoms with van der Waals surface area (Å²) in [5, 5.41) is 0. The summed E-state index contributed by atoms with van der Waals surface area (Å²) < 4.78 is 4.65. The molecule has 0 radical (unpaired) electrons. The molecule has 0 saturated heterocycles. The Hall–Kier alpha value is -1.90. The number of hydrogen-bond acceptors (Lipinski definition) is 3. The normalized spacial score (nSPS) is 18.9. The summed E-state index contributed by atoms with van der Waals surface area (Å²) in [6.07, 6.45) is 3.09. The highest BCUT2D eigenvalue weighted by Crippen LogP contribution is 2.32. The first-order chi connectivity index (χ1) is 9.08. The second-order valence-electron chi connectivity index (χ2n) is 5.04. The Morgan fingerprint density at radius 2 is 1.95 bits per heavy atom. The third-order valence-electron chi connectivity index (χ3n) is 3.47. The molecule has 0 amide bonds. The fourth-order valence-corrected chi connectivity index (χ4v) is 2.43. The van der Waals surface area contributed by atoms with Gasteiger partial charge >= 0.3 is 5.97 Å². The smallest absolute Gasteiger partial charge is 0.309 e. The molecule has 3 heteroatoms. The van der Waals surface area contributed by atoms with Gasteiger partial charge in [0.25, 0.3) is 0 Å². The SMILES string of the molecule is COC(=O)CC1=CC(=O)C[C@H](c2ccc(C)cc2)C1. The number of esters is 1. The molecule has 0 heterocycles. The molecule has 1 aliphatic rings. The van der Waals surface area contributed by atoms with Gasteiger partial charge in [0.2, 0.25) is 0 Å². The molecule has 3 nitrogen and oxygen atoms in total. The highest BCUT2D eigenvalue weighted by atomic mass is 16.5. The minimum absolute atomic E-state index is 0.0933. The molecule has 1 aliphatic carbocycles. The van der Waals surface area contributed by atoms with Crippen LogP contribution in [-0.2, 0) is 14.3 Å². The predicted molar refractivity (Wildman–Crippen MR) is 72.9 cm³/mol. The number of benzene rings is 1. The Morgan fingerprint density at radius 1 is 1.26 bits per heavy atom. The molecule has 0 aromatic heterocycles. The van der Waals surface area contributed by atoms with Crippen LogP contribution < -0.4 is 0 Å². The highest BCUT2D eigenvalue weighted by molar-refractivity contribution is 5.93. The van der Waals surface area contributed by atoms with Crippen molar-refractivity contribution in [3.63, 3.8) is 0 Å². The maximum atomic E-state index is 11.8. The molecule has 0 fully saturated rings. The number of aryl methyl sites for hydroxylation is 1. The van der Waals surface area contributed by atoms with Crippen LogP contribution >= 0.6 is 0 Å². The molecule has 1 aromatic carbocycles. The van der Waals surface area contributed by atoms with Crippen LogP contribution in [0.15, 0.2) is 35.9 Å². The molecule has 19 heavy (non-hydrogen) atoms. The second-order valence-corrected chi connectivity index (χ2v) is 5.04. The molecule has 1 aromatic rings. The van der Waals surface area contributed by atoms with Crippen LogP contribution in [0.2, 0.25) is 0 Å². The summed E-state index contributed by atoms with van der Waals surface area (Å²) in [6.45, 7) is 2.04. The zero-order chi connectivity index (χ0) is 13.8. The van der Waals surface area contributed by atoms with Crippen molar-refractivity contribution < 1.29 is 14.3 Å². The van der Waals surface area contributed by atoms with Gasteiger partial charge in [-0.25, -0.2) is 0 Å². The quantitative estimate of drug-likeness (QED) is 0.783. The lowest BCUT2D eigenvalue weighted by molar-refractivity contribution is -0.139. The van der Waals surface area contributed by atoms with Gasteiger partial charge in [0, 0.05) is 6.42 Å². The van der Waals surface area contributed by atoms with Gasteiger partial charge in [-0.15, -0.1) is 0 Å². The molecule has 0 bridgehead atoms. The van der Waals surface area contributed by atoms with Crippen LogP contribution in [0, 0.1) is 6.92 Å². The molecule has 2 rings (SSSR count). The fraction of sp³-hybridized carbons (Fsp3) is 0.375. The van der Waals surface area contributed by atoms with Crippen LogP contribution in [0.1, 0.15) is 36.3 Å². The van der Waals surface area contributed by atoms with E-state index in [1.54, 1.807) is 6.08 Å². The van der Waals surface area contributed by atoms with E-state index >= 15 is 0 Å². The lowest BCUT2D eigenvalue weighted by atomic mass is 9.82. The number of carbonyl (C=O) groups excluding carboxylic acids is 2. The molecule has 0 aliphatic heterocycles. The van der Waals surface area contributed by atoms with Gasteiger partial charge in [0.1, 0.15) is 0 Å². The van der Waals surface area contributed by atoms with Crippen LogP contribution in [0.25, 0.3) is 0 Å². The maximum Gasteiger partial charge on any atom is 0.309 e. The van der Waals surface area contributed by atoms with E-state index in [0.717, 1.165) is 17.6 Å². The summed E-state index contributed by atoms with van der Waals surface area (Å²) in [4.78, 5) is 23.1. The maximum absolute atomic E-state index is 11.8. The molecule has 0 unspecified atom stereocenters. The van der Waals surface area contributed by atoms with Crippen LogP contribution in [0.3, 0.4) is 0 Å². The first kappa shape index (κ1) is 13.5. The third-order valence-corrected chi connectivity index (χ3v) is 3.47. The second kappa shape index (κ2) is 5.83. The number of rotatable bonds is 3. The summed E-state index contributed by atoms with van der Waals surface area (Å²) in [7, 11) is 1.37. The standard InChI is InChI=1S/C16H18O3/c1-11-3-5-13(6-4-11)14-7-12(8-15(17)10-14)9-16(18)19-2/h3-6,8,14H,7,9-10H2,1-2H3/t14-/m1/s1. The molecule has 100 valence electrons. The first-order valence-corrected chi connectivity index (χ1v) is 6.44. The van der Waals surface area contributed by atoms with Crippen LogP contribution in [0.5, 0.6) is 0 Å². The van der Waals surface area contributed by atoms with Gasteiger partial charge in [0.15, 0.2) is 5.78 Å². The Morgan fingerprint density at radius 3 is 2.58 bits per heavy atom. The number of methoxy groups -OCH3 is 1. The van der Waals surface area contributed by atoms with Crippen LogP contribution in [-0.4, -0.2) is 18.9 Å². The first-order valence-electron chi connectivity index (χ1n) is 6.44. The molecule has 0 N–H and O–H groups in total. The average molecular weight is 258 g/mol. The average Bonchev–Trinajstić information content (AvgIpc) is 2.38. The van der Waals surface area contributed by atoms with Crippen molar-refractivity contribution in [1.29, 1.82) is 0 Å². The largest absolute Gasteiger partial charge is 0.469 e. The van der Waals surface area contributed by atoms with Crippen molar-refractivity contribution in [1.82, 2.24) is 0 Å². The lowest BCUT2D eigenvalue weighted by Gasteiger charge is -2.22.